The lowest BCUT2D eigenvalue weighted by Gasteiger charge is -2.00. The number of hydrogen-bond acceptors (Lipinski definition) is 5. The summed E-state index contributed by atoms with van der Waals surface area (Å²) in [7, 11) is 0. The van der Waals surface area contributed by atoms with Crippen molar-refractivity contribution >= 4 is 28.1 Å². The normalized spacial score (nSPS) is 10.2. The molecule has 1 aromatic carbocycles. The molecule has 0 spiro atoms. The van der Waals surface area contributed by atoms with E-state index in [1.807, 2.05) is 37.3 Å². The molecule has 0 atom stereocenters. The van der Waals surface area contributed by atoms with Crippen molar-refractivity contribution in [3.8, 4) is 0 Å². The van der Waals surface area contributed by atoms with Gasteiger partial charge < -0.3 is 10.1 Å². The van der Waals surface area contributed by atoms with E-state index < -0.39 is 0 Å². The van der Waals surface area contributed by atoms with E-state index in [-0.39, 0.29) is 12.4 Å². The fourth-order valence-electron chi connectivity index (χ4n) is 1.63. The van der Waals surface area contributed by atoms with Gasteiger partial charge in [0.1, 0.15) is 0 Å². The van der Waals surface area contributed by atoms with E-state index in [0.29, 0.717) is 6.61 Å². The maximum atomic E-state index is 11.5. The Kier molecular flexibility index (Phi) is 4.52. The number of carbonyl (C=O) groups is 1. The molecule has 0 fully saturated rings. The van der Waals surface area contributed by atoms with Gasteiger partial charge in [-0.3, -0.25) is 4.79 Å². The first-order valence-corrected chi connectivity index (χ1v) is 6.94. The summed E-state index contributed by atoms with van der Waals surface area (Å²) in [6.45, 7) is 4.12. The van der Waals surface area contributed by atoms with Crippen LogP contribution in [0.4, 0.5) is 10.8 Å². The van der Waals surface area contributed by atoms with Crippen LogP contribution in [0.3, 0.4) is 0 Å². The third-order valence-electron chi connectivity index (χ3n) is 2.53. The predicted octanol–water partition coefficient (Wildman–Crippen LogP) is 3.30. The zero-order valence-electron chi connectivity index (χ0n) is 11.0. The Bertz CT molecular complexity index is 552. The number of nitrogens with zero attached hydrogens (tertiary/aromatic N) is 1. The predicted molar refractivity (Wildman–Crippen MR) is 76.9 cm³/mol. The van der Waals surface area contributed by atoms with E-state index in [1.165, 1.54) is 11.3 Å². The van der Waals surface area contributed by atoms with Crippen LogP contribution < -0.4 is 5.32 Å². The van der Waals surface area contributed by atoms with Crippen molar-refractivity contribution < 1.29 is 9.53 Å². The van der Waals surface area contributed by atoms with E-state index in [0.717, 1.165) is 21.4 Å². The molecule has 4 nitrogen and oxygen atoms in total. The summed E-state index contributed by atoms with van der Waals surface area (Å²) >= 11 is 1.49. The highest BCUT2D eigenvalue weighted by Gasteiger charge is 2.12. The Morgan fingerprint density at radius 3 is 2.79 bits per heavy atom. The number of rotatable bonds is 5. The Morgan fingerprint density at radius 1 is 1.37 bits per heavy atom. The van der Waals surface area contributed by atoms with Crippen molar-refractivity contribution in [1.82, 2.24) is 4.98 Å². The summed E-state index contributed by atoms with van der Waals surface area (Å²) in [6.07, 6.45) is 0.286. The number of nitrogens with one attached hydrogen (secondary N) is 1. The highest BCUT2D eigenvalue weighted by Crippen LogP contribution is 2.26. The third kappa shape index (κ3) is 3.79. The van der Waals surface area contributed by atoms with Crippen LogP contribution in [0.5, 0.6) is 0 Å². The number of ether oxygens (including phenoxy) is 1. The van der Waals surface area contributed by atoms with Gasteiger partial charge in [0.25, 0.3) is 0 Å². The summed E-state index contributed by atoms with van der Waals surface area (Å²) in [5.41, 5.74) is 1.86. The molecule has 5 heteroatoms. The molecule has 0 bridgehead atoms. The maximum Gasteiger partial charge on any atom is 0.311 e. The van der Waals surface area contributed by atoms with Gasteiger partial charge in [0.2, 0.25) is 0 Å². The van der Waals surface area contributed by atoms with Gasteiger partial charge in [0.05, 0.1) is 18.7 Å². The second-order valence-electron chi connectivity index (χ2n) is 4.00. The number of aryl methyl sites for hydroxylation is 1. The first-order chi connectivity index (χ1) is 9.19. The first kappa shape index (κ1) is 13.5. The summed E-state index contributed by atoms with van der Waals surface area (Å²) in [4.78, 5) is 16.8. The average molecular weight is 276 g/mol. The lowest BCUT2D eigenvalue weighted by Crippen LogP contribution is -2.07. The van der Waals surface area contributed by atoms with Crippen molar-refractivity contribution in [3.63, 3.8) is 0 Å². The Morgan fingerprint density at radius 2 is 2.11 bits per heavy atom. The molecular formula is C14H16N2O2S. The zero-order valence-corrected chi connectivity index (χ0v) is 11.8. The molecule has 100 valence electrons. The summed E-state index contributed by atoms with van der Waals surface area (Å²) in [5.74, 6) is -0.208. The average Bonchev–Trinajstić information content (AvgIpc) is 2.71. The monoisotopic (exact) mass is 276 g/mol. The van der Waals surface area contributed by atoms with Gasteiger partial charge in [0, 0.05) is 10.6 Å². The van der Waals surface area contributed by atoms with Crippen molar-refractivity contribution in [2.45, 2.75) is 20.3 Å². The minimum atomic E-state index is -0.208. The number of esters is 1. The zero-order chi connectivity index (χ0) is 13.7. The molecule has 0 amide bonds. The molecule has 1 N–H and O–H groups in total. The molecule has 19 heavy (non-hydrogen) atoms. The van der Waals surface area contributed by atoms with Gasteiger partial charge in [-0.2, -0.15) is 0 Å². The number of thiazole rings is 1. The molecular weight excluding hydrogens is 260 g/mol. The van der Waals surface area contributed by atoms with Gasteiger partial charge >= 0.3 is 5.97 Å². The highest BCUT2D eigenvalue weighted by atomic mass is 32.1. The van der Waals surface area contributed by atoms with Gasteiger partial charge in [-0.05, 0) is 26.0 Å². The van der Waals surface area contributed by atoms with E-state index >= 15 is 0 Å². The number of carbonyl (C=O) groups excluding carboxylic acids is 1. The van der Waals surface area contributed by atoms with Crippen molar-refractivity contribution in [2.75, 3.05) is 11.9 Å². The number of aromatic nitrogens is 1. The van der Waals surface area contributed by atoms with Crippen molar-refractivity contribution in [3.05, 3.63) is 40.9 Å². The van der Waals surface area contributed by atoms with Crippen LogP contribution in [0.15, 0.2) is 30.3 Å². The summed E-state index contributed by atoms with van der Waals surface area (Å²) < 4.78 is 4.95. The smallest absolute Gasteiger partial charge is 0.311 e. The van der Waals surface area contributed by atoms with Gasteiger partial charge in [-0.1, -0.05) is 18.2 Å². The maximum absolute atomic E-state index is 11.5. The van der Waals surface area contributed by atoms with Gasteiger partial charge in [-0.15, -0.1) is 11.3 Å². The Labute approximate surface area is 116 Å². The fraction of sp³-hybridized carbons (Fsp3) is 0.286. The van der Waals surface area contributed by atoms with Crippen LogP contribution in [0.25, 0.3) is 0 Å². The van der Waals surface area contributed by atoms with Crippen LogP contribution in [-0.2, 0) is 16.0 Å². The molecule has 0 saturated heterocycles. The van der Waals surface area contributed by atoms with Gasteiger partial charge in [-0.25, -0.2) is 4.98 Å². The quantitative estimate of drug-likeness (QED) is 0.851. The first-order valence-electron chi connectivity index (χ1n) is 6.13. The summed E-state index contributed by atoms with van der Waals surface area (Å²) in [6, 6.07) is 9.83. The Balaban J connectivity index is 2.06. The van der Waals surface area contributed by atoms with Crippen LogP contribution in [-0.4, -0.2) is 17.6 Å². The Hall–Kier alpha value is -1.88. The van der Waals surface area contributed by atoms with E-state index in [2.05, 4.69) is 10.3 Å². The molecule has 0 saturated carbocycles. The molecule has 2 aromatic rings. The standard InChI is InChI=1S/C14H16N2O2S/c1-3-18-13(17)9-12-10(2)15-14(19-12)16-11-7-5-4-6-8-11/h4-8H,3,9H2,1-2H3,(H,15,16). The van der Waals surface area contributed by atoms with E-state index in [1.54, 1.807) is 6.92 Å². The number of anilines is 2. The lowest BCUT2D eigenvalue weighted by atomic mass is 10.3. The largest absolute Gasteiger partial charge is 0.466 e. The van der Waals surface area contributed by atoms with Gasteiger partial charge in [0.15, 0.2) is 5.13 Å². The highest BCUT2D eigenvalue weighted by molar-refractivity contribution is 7.15. The van der Waals surface area contributed by atoms with Crippen molar-refractivity contribution in [2.24, 2.45) is 0 Å². The van der Waals surface area contributed by atoms with E-state index in [4.69, 9.17) is 4.74 Å². The van der Waals surface area contributed by atoms with Crippen molar-refractivity contribution in [1.29, 1.82) is 0 Å². The molecule has 0 aliphatic carbocycles. The molecule has 0 unspecified atom stereocenters. The molecule has 0 aliphatic heterocycles. The SMILES string of the molecule is CCOC(=O)Cc1sc(Nc2ccccc2)nc1C. The number of benzene rings is 1. The minimum Gasteiger partial charge on any atom is -0.466 e. The second-order valence-corrected chi connectivity index (χ2v) is 5.08. The van der Waals surface area contributed by atoms with Crippen LogP contribution >= 0.6 is 11.3 Å². The minimum absolute atomic E-state index is 0.208. The third-order valence-corrected chi connectivity index (χ3v) is 3.60. The molecule has 1 aromatic heterocycles. The lowest BCUT2D eigenvalue weighted by molar-refractivity contribution is -0.142. The topological polar surface area (TPSA) is 51.2 Å². The number of hydrogen-bond donors (Lipinski definition) is 1. The van der Waals surface area contributed by atoms with Crippen LogP contribution in [0.1, 0.15) is 17.5 Å². The molecule has 1 heterocycles. The van der Waals surface area contributed by atoms with Crippen LogP contribution in [0.2, 0.25) is 0 Å². The second kappa shape index (κ2) is 6.33. The molecule has 2 rings (SSSR count). The fourth-order valence-corrected chi connectivity index (χ4v) is 2.60. The molecule has 0 aliphatic rings. The van der Waals surface area contributed by atoms with E-state index in [9.17, 15) is 4.79 Å². The number of para-hydroxylation sites is 1. The summed E-state index contributed by atoms with van der Waals surface area (Å²) in [5, 5.41) is 4.02. The molecule has 0 radical (unpaired) electrons. The van der Waals surface area contributed by atoms with Crippen LogP contribution in [0, 0.1) is 6.92 Å².